The molecule has 0 bridgehead atoms. The molecule has 2 aromatic rings. The summed E-state index contributed by atoms with van der Waals surface area (Å²) in [7, 11) is 0. The monoisotopic (exact) mass is 309 g/mol. The zero-order chi connectivity index (χ0) is 16.2. The van der Waals surface area contributed by atoms with Crippen LogP contribution in [0.5, 0.6) is 0 Å². The summed E-state index contributed by atoms with van der Waals surface area (Å²) in [5, 5.41) is 12.0. The average Bonchev–Trinajstić information content (AvgIpc) is 2.59. The van der Waals surface area contributed by atoms with E-state index in [4.69, 9.17) is 0 Å². The van der Waals surface area contributed by atoms with Crippen LogP contribution >= 0.6 is 0 Å². The molecule has 1 aliphatic heterocycles. The second-order valence-electron chi connectivity index (χ2n) is 6.31. The second-order valence-corrected chi connectivity index (χ2v) is 6.31. The fourth-order valence-corrected chi connectivity index (χ4v) is 3.26. The number of carbonyl (C=O) groups is 1. The Morgan fingerprint density at radius 2 is 1.87 bits per heavy atom. The highest BCUT2D eigenvalue weighted by Crippen LogP contribution is 2.22. The summed E-state index contributed by atoms with van der Waals surface area (Å²) < 4.78 is 0. The third-order valence-electron chi connectivity index (χ3n) is 4.76. The molecule has 120 valence electrons. The van der Waals surface area contributed by atoms with Gasteiger partial charge in [-0.2, -0.15) is 0 Å². The number of aliphatic hydroxyl groups is 1. The van der Waals surface area contributed by atoms with Gasteiger partial charge in [-0.25, -0.2) is 0 Å². The van der Waals surface area contributed by atoms with Crippen molar-refractivity contribution >= 4 is 22.8 Å². The van der Waals surface area contributed by atoms with Crippen molar-refractivity contribution in [3.05, 3.63) is 54.1 Å². The summed E-state index contributed by atoms with van der Waals surface area (Å²) in [6.07, 6.45) is 5.06. The van der Waals surface area contributed by atoms with Crippen LogP contribution < -0.4 is 0 Å². The molecule has 0 aliphatic carbocycles. The van der Waals surface area contributed by atoms with Gasteiger partial charge < -0.3 is 10.0 Å². The minimum Gasteiger partial charge on any atom is -0.393 e. The van der Waals surface area contributed by atoms with Crippen molar-refractivity contribution in [2.45, 2.75) is 25.9 Å². The standard InChI is InChI=1S/C20H23NO2/c1-15(22)16-11-13-21(14-12-16)20(23)10-9-18-7-4-6-17-5-2-3-8-19(17)18/h2-10,15-16,22H,11-14H2,1H3. The number of nitrogens with zero attached hydrogens (tertiary/aromatic N) is 1. The number of piperidine rings is 1. The fourth-order valence-electron chi connectivity index (χ4n) is 3.26. The number of amides is 1. The van der Waals surface area contributed by atoms with E-state index in [0.717, 1.165) is 36.9 Å². The van der Waals surface area contributed by atoms with Gasteiger partial charge in [0, 0.05) is 19.2 Å². The normalized spacial score (nSPS) is 17.7. The van der Waals surface area contributed by atoms with Gasteiger partial charge in [-0.05, 0) is 48.1 Å². The molecule has 1 heterocycles. The number of benzene rings is 2. The van der Waals surface area contributed by atoms with Gasteiger partial charge in [0.15, 0.2) is 0 Å². The maximum absolute atomic E-state index is 12.4. The number of hydrogen-bond acceptors (Lipinski definition) is 2. The average molecular weight is 309 g/mol. The van der Waals surface area contributed by atoms with Crippen molar-refractivity contribution in [1.29, 1.82) is 0 Å². The van der Waals surface area contributed by atoms with Gasteiger partial charge in [0.25, 0.3) is 0 Å². The van der Waals surface area contributed by atoms with Crippen LogP contribution in [0, 0.1) is 5.92 Å². The minimum absolute atomic E-state index is 0.0574. The van der Waals surface area contributed by atoms with Gasteiger partial charge in [-0.3, -0.25) is 4.79 Å². The summed E-state index contributed by atoms with van der Waals surface area (Å²) in [6, 6.07) is 14.3. The number of hydrogen-bond donors (Lipinski definition) is 1. The van der Waals surface area contributed by atoms with Gasteiger partial charge in [0.1, 0.15) is 0 Å². The number of likely N-dealkylation sites (tertiary alicyclic amines) is 1. The first-order chi connectivity index (χ1) is 11.1. The minimum atomic E-state index is -0.279. The molecular formula is C20H23NO2. The Balaban J connectivity index is 1.69. The van der Waals surface area contributed by atoms with Crippen LogP contribution in [0.25, 0.3) is 16.8 Å². The van der Waals surface area contributed by atoms with Crippen molar-refractivity contribution in [3.63, 3.8) is 0 Å². The molecular weight excluding hydrogens is 286 g/mol. The molecule has 1 aliphatic rings. The predicted molar refractivity (Wildman–Crippen MR) is 94.0 cm³/mol. The van der Waals surface area contributed by atoms with Crippen LogP contribution in [-0.4, -0.2) is 35.1 Å². The van der Waals surface area contributed by atoms with Gasteiger partial charge in [-0.15, -0.1) is 0 Å². The third kappa shape index (κ3) is 3.62. The number of fused-ring (bicyclic) bond motifs is 1. The Labute approximate surface area is 137 Å². The van der Waals surface area contributed by atoms with Crippen molar-refractivity contribution in [3.8, 4) is 0 Å². The van der Waals surface area contributed by atoms with Crippen LogP contribution in [0.3, 0.4) is 0 Å². The van der Waals surface area contributed by atoms with E-state index in [9.17, 15) is 9.90 Å². The molecule has 1 saturated heterocycles. The summed E-state index contributed by atoms with van der Waals surface area (Å²) in [6.45, 7) is 3.30. The molecule has 1 atom stereocenters. The Bertz CT molecular complexity index is 707. The maximum atomic E-state index is 12.4. The first-order valence-corrected chi connectivity index (χ1v) is 8.28. The molecule has 0 saturated carbocycles. The van der Waals surface area contributed by atoms with Crippen LogP contribution in [0.15, 0.2) is 48.5 Å². The zero-order valence-electron chi connectivity index (χ0n) is 13.5. The summed E-state index contributed by atoms with van der Waals surface area (Å²) >= 11 is 0. The molecule has 2 aromatic carbocycles. The molecule has 3 rings (SSSR count). The van der Waals surface area contributed by atoms with Crippen molar-refractivity contribution < 1.29 is 9.90 Å². The Morgan fingerprint density at radius 3 is 2.61 bits per heavy atom. The molecule has 0 radical (unpaired) electrons. The molecule has 23 heavy (non-hydrogen) atoms. The van der Waals surface area contributed by atoms with E-state index >= 15 is 0 Å². The topological polar surface area (TPSA) is 40.5 Å². The van der Waals surface area contributed by atoms with Crippen molar-refractivity contribution in [2.24, 2.45) is 5.92 Å². The third-order valence-corrected chi connectivity index (χ3v) is 4.76. The zero-order valence-corrected chi connectivity index (χ0v) is 13.5. The van der Waals surface area contributed by atoms with Gasteiger partial charge in [0.05, 0.1) is 6.10 Å². The smallest absolute Gasteiger partial charge is 0.246 e. The predicted octanol–water partition coefficient (Wildman–Crippen LogP) is 3.47. The van der Waals surface area contributed by atoms with E-state index in [1.54, 1.807) is 6.08 Å². The molecule has 1 N–H and O–H groups in total. The highest BCUT2D eigenvalue weighted by molar-refractivity contribution is 5.96. The first kappa shape index (κ1) is 15.8. The molecule has 1 fully saturated rings. The van der Waals surface area contributed by atoms with E-state index < -0.39 is 0 Å². The van der Waals surface area contributed by atoms with E-state index in [2.05, 4.69) is 18.2 Å². The molecule has 0 spiro atoms. The summed E-state index contributed by atoms with van der Waals surface area (Å²) in [4.78, 5) is 14.2. The SMILES string of the molecule is CC(O)C1CCN(C(=O)C=Cc2cccc3ccccc23)CC1. The lowest BCUT2D eigenvalue weighted by molar-refractivity contribution is -0.127. The Hall–Kier alpha value is -2.13. The van der Waals surface area contributed by atoms with Crippen LogP contribution in [0.4, 0.5) is 0 Å². The maximum Gasteiger partial charge on any atom is 0.246 e. The van der Waals surface area contributed by atoms with Crippen molar-refractivity contribution in [2.75, 3.05) is 13.1 Å². The highest BCUT2D eigenvalue weighted by Gasteiger charge is 2.24. The van der Waals surface area contributed by atoms with Gasteiger partial charge >= 0.3 is 0 Å². The quantitative estimate of drug-likeness (QED) is 0.882. The molecule has 0 aromatic heterocycles. The van der Waals surface area contributed by atoms with Crippen LogP contribution in [-0.2, 0) is 4.79 Å². The van der Waals surface area contributed by atoms with E-state index in [1.807, 2.05) is 42.2 Å². The van der Waals surface area contributed by atoms with E-state index in [1.165, 1.54) is 5.39 Å². The van der Waals surface area contributed by atoms with Crippen LogP contribution in [0.2, 0.25) is 0 Å². The molecule has 3 nitrogen and oxygen atoms in total. The van der Waals surface area contributed by atoms with Gasteiger partial charge in [-0.1, -0.05) is 42.5 Å². The lowest BCUT2D eigenvalue weighted by Crippen LogP contribution is -2.39. The Kier molecular flexibility index (Phi) is 4.77. The Morgan fingerprint density at radius 1 is 1.17 bits per heavy atom. The van der Waals surface area contributed by atoms with Crippen molar-refractivity contribution in [1.82, 2.24) is 4.90 Å². The second kappa shape index (κ2) is 6.97. The number of rotatable bonds is 3. The molecule has 1 amide bonds. The van der Waals surface area contributed by atoms with E-state index in [-0.39, 0.29) is 12.0 Å². The largest absolute Gasteiger partial charge is 0.393 e. The lowest BCUT2D eigenvalue weighted by Gasteiger charge is -2.32. The fraction of sp³-hybridized carbons (Fsp3) is 0.350. The van der Waals surface area contributed by atoms with E-state index in [0.29, 0.717) is 5.92 Å². The highest BCUT2D eigenvalue weighted by atomic mass is 16.3. The number of aliphatic hydroxyl groups excluding tert-OH is 1. The lowest BCUT2D eigenvalue weighted by atomic mass is 9.92. The first-order valence-electron chi connectivity index (χ1n) is 8.28. The summed E-state index contributed by atoms with van der Waals surface area (Å²) in [5.41, 5.74) is 1.07. The van der Waals surface area contributed by atoms with Crippen LogP contribution in [0.1, 0.15) is 25.3 Å². The molecule has 3 heteroatoms. The van der Waals surface area contributed by atoms with Gasteiger partial charge in [0.2, 0.25) is 5.91 Å². The number of carbonyl (C=O) groups excluding carboxylic acids is 1. The summed E-state index contributed by atoms with van der Waals surface area (Å²) in [5.74, 6) is 0.378. The molecule has 1 unspecified atom stereocenters.